The third kappa shape index (κ3) is 4.25. The van der Waals surface area contributed by atoms with Crippen LogP contribution in [0.5, 0.6) is 0 Å². The van der Waals surface area contributed by atoms with Gasteiger partial charge in [-0.3, -0.25) is 9.59 Å². The summed E-state index contributed by atoms with van der Waals surface area (Å²) in [6, 6.07) is 10.6. The number of amides is 2. The van der Waals surface area contributed by atoms with E-state index in [-0.39, 0.29) is 11.8 Å². The van der Waals surface area contributed by atoms with E-state index >= 15 is 0 Å². The second-order valence-corrected chi connectivity index (χ2v) is 6.60. The lowest BCUT2D eigenvalue weighted by atomic mass is 10.2. The molecule has 3 rings (SSSR count). The molecule has 0 aliphatic carbocycles. The van der Waals surface area contributed by atoms with Crippen LogP contribution in [0.25, 0.3) is 6.08 Å². The molecule has 1 aliphatic rings. The lowest BCUT2D eigenvalue weighted by Crippen LogP contribution is -2.27. The summed E-state index contributed by atoms with van der Waals surface area (Å²) in [7, 11) is 0. The van der Waals surface area contributed by atoms with Gasteiger partial charge in [-0.1, -0.05) is 0 Å². The molecule has 1 aliphatic heterocycles. The highest BCUT2D eigenvalue weighted by Gasteiger charge is 2.19. The fourth-order valence-corrected chi connectivity index (χ4v) is 2.99. The van der Waals surface area contributed by atoms with Gasteiger partial charge in [0.05, 0.1) is 0 Å². The number of likely N-dealkylation sites (tertiary alicyclic amines) is 1. The van der Waals surface area contributed by atoms with Crippen LogP contribution in [0, 0.1) is 3.77 Å². The maximum atomic E-state index is 12.3. The van der Waals surface area contributed by atoms with Crippen LogP contribution in [-0.4, -0.2) is 29.8 Å². The first-order valence-electron chi connectivity index (χ1n) is 7.75. The van der Waals surface area contributed by atoms with Crippen molar-refractivity contribution in [2.75, 3.05) is 18.4 Å². The molecule has 5 nitrogen and oxygen atoms in total. The van der Waals surface area contributed by atoms with Gasteiger partial charge in [-0.15, -0.1) is 0 Å². The van der Waals surface area contributed by atoms with E-state index in [4.69, 9.17) is 4.42 Å². The molecule has 0 saturated carbocycles. The van der Waals surface area contributed by atoms with Crippen LogP contribution in [-0.2, 0) is 4.79 Å². The molecule has 1 aromatic heterocycles. The van der Waals surface area contributed by atoms with Crippen molar-refractivity contribution in [3.05, 3.63) is 57.6 Å². The topological polar surface area (TPSA) is 62.6 Å². The predicted octanol–water partition coefficient (Wildman–Crippen LogP) is 3.77. The number of anilines is 1. The van der Waals surface area contributed by atoms with Gasteiger partial charge >= 0.3 is 0 Å². The normalized spacial score (nSPS) is 14.3. The molecule has 24 heavy (non-hydrogen) atoms. The molecule has 0 atom stereocenters. The Bertz CT molecular complexity index is 759. The molecule has 1 saturated heterocycles. The zero-order chi connectivity index (χ0) is 16.9. The Labute approximate surface area is 153 Å². The standard InChI is InChI=1S/C18H17IN2O3/c19-16-9-7-15(24-16)8-10-17(22)20-14-5-3-13(4-6-14)18(23)21-11-1-2-12-21/h3-10H,1-2,11-12H2,(H,20,22)/b10-8+. The van der Waals surface area contributed by atoms with Crippen molar-refractivity contribution >= 4 is 46.2 Å². The first-order chi connectivity index (χ1) is 11.6. The molecule has 2 amide bonds. The van der Waals surface area contributed by atoms with Crippen LogP contribution >= 0.6 is 22.6 Å². The van der Waals surface area contributed by atoms with Gasteiger partial charge in [-0.2, -0.15) is 0 Å². The van der Waals surface area contributed by atoms with Crippen LogP contribution < -0.4 is 5.32 Å². The van der Waals surface area contributed by atoms with Gasteiger partial charge in [-0.25, -0.2) is 0 Å². The smallest absolute Gasteiger partial charge is 0.253 e. The Morgan fingerprint density at radius 2 is 1.79 bits per heavy atom. The third-order valence-corrected chi connectivity index (χ3v) is 4.37. The van der Waals surface area contributed by atoms with E-state index in [2.05, 4.69) is 27.9 Å². The largest absolute Gasteiger partial charge is 0.451 e. The van der Waals surface area contributed by atoms with E-state index in [1.165, 1.54) is 6.08 Å². The van der Waals surface area contributed by atoms with Gasteiger partial charge in [-0.05, 0) is 77.9 Å². The second kappa shape index (κ2) is 7.65. The highest BCUT2D eigenvalue weighted by molar-refractivity contribution is 14.1. The molecule has 1 N–H and O–H groups in total. The third-order valence-electron chi connectivity index (χ3n) is 3.79. The van der Waals surface area contributed by atoms with Crippen LogP contribution in [0.15, 0.2) is 46.9 Å². The number of nitrogens with one attached hydrogen (secondary N) is 1. The van der Waals surface area contributed by atoms with Crippen molar-refractivity contribution in [3.8, 4) is 0 Å². The van der Waals surface area contributed by atoms with Crippen LogP contribution in [0.4, 0.5) is 5.69 Å². The monoisotopic (exact) mass is 436 g/mol. The van der Waals surface area contributed by atoms with Gasteiger partial charge in [0.25, 0.3) is 5.91 Å². The maximum absolute atomic E-state index is 12.3. The number of benzene rings is 1. The summed E-state index contributed by atoms with van der Waals surface area (Å²) in [5.41, 5.74) is 1.30. The summed E-state index contributed by atoms with van der Waals surface area (Å²) in [6.07, 6.45) is 5.17. The zero-order valence-corrected chi connectivity index (χ0v) is 15.2. The molecule has 0 bridgehead atoms. The molecule has 124 valence electrons. The van der Waals surface area contributed by atoms with E-state index < -0.39 is 0 Å². The Kier molecular flexibility index (Phi) is 5.34. The molecule has 1 aromatic carbocycles. The zero-order valence-electron chi connectivity index (χ0n) is 13.0. The Balaban J connectivity index is 1.58. The van der Waals surface area contributed by atoms with E-state index in [0.29, 0.717) is 17.0 Å². The highest BCUT2D eigenvalue weighted by Crippen LogP contribution is 2.16. The molecule has 1 fully saturated rings. The van der Waals surface area contributed by atoms with E-state index in [1.807, 2.05) is 11.0 Å². The number of hydrogen-bond donors (Lipinski definition) is 1. The summed E-state index contributed by atoms with van der Waals surface area (Å²) in [4.78, 5) is 26.0. The quantitative estimate of drug-likeness (QED) is 0.587. The fraction of sp³-hybridized carbons (Fsp3) is 0.222. The van der Waals surface area contributed by atoms with Crippen LogP contribution in [0.1, 0.15) is 29.0 Å². The predicted molar refractivity (Wildman–Crippen MR) is 101 cm³/mol. The van der Waals surface area contributed by atoms with Crippen molar-refractivity contribution < 1.29 is 14.0 Å². The van der Waals surface area contributed by atoms with Gasteiger partial charge in [0, 0.05) is 30.4 Å². The summed E-state index contributed by atoms with van der Waals surface area (Å²) >= 11 is 2.07. The molecule has 2 heterocycles. The summed E-state index contributed by atoms with van der Waals surface area (Å²) in [5, 5.41) is 2.76. The molecular weight excluding hydrogens is 419 g/mol. The summed E-state index contributed by atoms with van der Waals surface area (Å²) < 4.78 is 6.12. The lowest BCUT2D eigenvalue weighted by Gasteiger charge is -2.15. The number of carbonyl (C=O) groups excluding carboxylic acids is 2. The van der Waals surface area contributed by atoms with Gasteiger partial charge in [0.15, 0.2) is 3.77 Å². The average molecular weight is 436 g/mol. The van der Waals surface area contributed by atoms with Crippen LogP contribution in [0.3, 0.4) is 0 Å². The molecule has 0 spiro atoms. The van der Waals surface area contributed by atoms with Crippen molar-refractivity contribution in [1.82, 2.24) is 4.90 Å². The minimum Gasteiger partial charge on any atom is -0.451 e. The van der Waals surface area contributed by atoms with Gasteiger partial charge in [0.2, 0.25) is 5.91 Å². The van der Waals surface area contributed by atoms with E-state index in [9.17, 15) is 9.59 Å². The van der Waals surface area contributed by atoms with E-state index in [1.54, 1.807) is 36.4 Å². The minimum atomic E-state index is -0.250. The van der Waals surface area contributed by atoms with Crippen molar-refractivity contribution in [1.29, 1.82) is 0 Å². The first-order valence-corrected chi connectivity index (χ1v) is 8.83. The van der Waals surface area contributed by atoms with Crippen molar-refractivity contribution in [2.45, 2.75) is 12.8 Å². The Hall–Kier alpha value is -2.09. The molecule has 0 radical (unpaired) electrons. The highest BCUT2D eigenvalue weighted by atomic mass is 127. The van der Waals surface area contributed by atoms with Crippen molar-refractivity contribution in [2.24, 2.45) is 0 Å². The Morgan fingerprint density at radius 1 is 1.08 bits per heavy atom. The maximum Gasteiger partial charge on any atom is 0.253 e. The number of carbonyl (C=O) groups is 2. The lowest BCUT2D eigenvalue weighted by molar-refractivity contribution is -0.111. The molecule has 6 heteroatoms. The first kappa shape index (κ1) is 16.8. The second-order valence-electron chi connectivity index (χ2n) is 5.54. The SMILES string of the molecule is O=C(/C=C/c1ccc(I)o1)Nc1ccc(C(=O)N2CCCC2)cc1. The van der Waals surface area contributed by atoms with Crippen LogP contribution in [0.2, 0.25) is 0 Å². The number of halogens is 1. The number of nitrogens with zero attached hydrogens (tertiary/aromatic N) is 1. The number of hydrogen-bond acceptors (Lipinski definition) is 3. The minimum absolute atomic E-state index is 0.0534. The number of rotatable bonds is 4. The summed E-state index contributed by atoms with van der Waals surface area (Å²) in [5.74, 6) is 0.429. The number of furan rings is 1. The molecular formula is C18H17IN2O3. The fourth-order valence-electron chi connectivity index (χ4n) is 2.56. The van der Waals surface area contributed by atoms with E-state index in [0.717, 1.165) is 29.7 Å². The molecule has 2 aromatic rings. The Morgan fingerprint density at radius 3 is 2.42 bits per heavy atom. The van der Waals surface area contributed by atoms with Gasteiger partial charge in [0.1, 0.15) is 5.76 Å². The van der Waals surface area contributed by atoms with Crippen molar-refractivity contribution in [3.63, 3.8) is 0 Å². The average Bonchev–Trinajstić information content (AvgIpc) is 3.25. The molecule has 0 unspecified atom stereocenters. The van der Waals surface area contributed by atoms with Gasteiger partial charge < -0.3 is 14.6 Å². The summed E-state index contributed by atoms with van der Waals surface area (Å²) in [6.45, 7) is 1.65.